The van der Waals surface area contributed by atoms with Crippen LogP contribution in [0.15, 0.2) is 21.8 Å². The quantitative estimate of drug-likeness (QED) is 0.0843. The van der Waals surface area contributed by atoms with Crippen molar-refractivity contribution in [3.8, 4) is 0 Å². The van der Waals surface area contributed by atoms with Crippen molar-refractivity contribution < 1.29 is 67.8 Å². The minimum atomic E-state index is -3.79. The van der Waals surface area contributed by atoms with E-state index in [2.05, 4.69) is 15.5 Å². The molecule has 3 rings (SSSR count). The van der Waals surface area contributed by atoms with Gasteiger partial charge in [0.2, 0.25) is 0 Å². The first kappa shape index (κ1) is 26.6. The topological polar surface area (TPSA) is 215 Å². The number of nitrogen functional groups attached to an aromatic ring is 1. The summed E-state index contributed by atoms with van der Waals surface area (Å²) in [4.78, 5) is 41.3. The van der Waals surface area contributed by atoms with E-state index in [0.717, 1.165) is 28.0 Å². The molecular weight excluding hydrogens is 497 g/mol. The number of nitrogens with zero attached hydrogens (tertiary/aromatic N) is 3. The molecule has 5 N–H and O–H groups in total. The molecule has 0 radical (unpaired) electrons. The molecule has 2 aliphatic rings. The van der Waals surface area contributed by atoms with E-state index in [1.165, 1.54) is 5.38 Å². The molecule has 3 heterocycles. The molecule has 0 aromatic carbocycles. The summed E-state index contributed by atoms with van der Waals surface area (Å²) < 4.78 is 24.0. The van der Waals surface area contributed by atoms with E-state index in [-0.39, 0.29) is 51.7 Å². The number of nitrogens with one attached hydrogen (secondary N) is 1. The van der Waals surface area contributed by atoms with Gasteiger partial charge in [-0.2, -0.15) is 0 Å². The molecule has 1 aromatic rings. The van der Waals surface area contributed by atoms with Crippen LogP contribution >= 0.6 is 23.1 Å². The first-order chi connectivity index (χ1) is 14.6. The summed E-state index contributed by atoms with van der Waals surface area (Å²) in [5.74, 6) is -4.70. The molecule has 2 aliphatic heterocycles. The largest absolute Gasteiger partial charge is 1.00 e. The predicted octanol–water partition coefficient (Wildman–Crippen LogP) is -6.28. The molecule has 2 amide bonds. The number of carboxylic acids is 1. The van der Waals surface area contributed by atoms with Gasteiger partial charge in [0.25, 0.3) is 11.8 Å². The number of rotatable bonds is 8. The second-order valence-electron chi connectivity index (χ2n) is 6.44. The van der Waals surface area contributed by atoms with Crippen LogP contribution in [0.5, 0.6) is 0 Å². The number of carboxylic acid groups (broad SMARTS) is 1. The van der Waals surface area contributed by atoms with Crippen molar-refractivity contribution >= 4 is 61.6 Å². The van der Waals surface area contributed by atoms with Crippen LogP contribution in [0, 0.1) is 0 Å². The Bertz CT molecular complexity index is 1100. The Morgan fingerprint density at radius 3 is 2.66 bits per heavy atom. The maximum Gasteiger partial charge on any atom is 1.00 e. The number of thiazole rings is 1. The summed E-state index contributed by atoms with van der Waals surface area (Å²) in [5.41, 5.74) is 4.40. The van der Waals surface area contributed by atoms with Gasteiger partial charge in [0.15, 0.2) is 20.7 Å². The Morgan fingerprint density at radius 2 is 2.12 bits per heavy atom. The summed E-state index contributed by atoms with van der Waals surface area (Å²) >= 11 is 2.06. The van der Waals surface area contributed by atoms with E-state index in [1.54, 1.807) is 0 Å². The Labute approximate surface area is 211 Å². The number of hydrogen-bond acceptors (Lipinski definition) is 13. The second-order valence-corrected chi connectivity index (χ2v) is 10.6. The van der Waals surface area contributed by atoms with E-state index in [1.807, 2.05) is 0 Å². The average Bonchev–Trinajstić information content (AvgIpc) is 3.11. The third-order valence-electron chi connectivity index (χ3n) is 4.40. The minimum Gasteiger partial charge on any atom is -0.543 e. The van der Waals surface area contributed by atoms with Crippen molar-refractivity contribution in [1.82, 2.24) is 15.2 Å². The molecule has 1 unspecified atom stereocenters. The SMILES string of the molecule is Nc1nc(/C(=N/O)C(=O)NC2C(=O)N3C(C(=O)[O-])=C(CS(=O)(=O)CCO)CS[C@H]23)cs1.[Na+]. The summed E-state index contributed by atoms with van der Waals surface area (Å²) in [6, 6.07) is -1.14. The molecule has 2 atom stereocenters. The first-order valence-electron chi connectivity index (χ1n) is 8.53. The zero-order valence-electron chi connectivity index (χ0n) is 16.5. The van der Waals surface area contributed by atoms with Crippen LogP contribution in [0.25, 0.3) is 0 Å². The number of aliphatic hydroxyl groups excluding tert-OH is 1. The van der Waals surface area contributed by atoms with Crippen LogP contribution in [0.4, 0.5) is 5.13 Å². The Hall–Kier alpha value is -1.69. The number of aromatic nitrogens is 1. The van der Waals surface area contributed by atoms with Gasteiger partial charge < -0.3 is 31.3 Å². The number of carbonyl (C=O) groups excluding carboxylic acids is 3. The number of aliphatic hydroxyl groups is 1. The second kappa shape index (κ2) is 10.5. The van der Waals surface area contributed by atoms with Crippen LogP contribution in [-0.2, 0) is 24.2 Å². The maximum absolute atomic E-state index is 12.6. The maximum atomic E-state index is 12.6. The molecule has 32 heavy (non-hydrogen) atoms. The summed E-state index contributed by atoms with van der Waals surface area (Å²) in [7, 11) is -3.79. The van der Waals surface area contributed by atoms with Gasteiger partial charge in [-0.05, 0) is 5.57 Å². The van der Waals surface area contributed by atoms with E-state index in [0.29, 0.717) is 0 Å². The Morgan fingerprint density at radius 1 is 1.44 bits per heavy atom. The zero-order chi connectivity index (χ0) is 22.9. The van der Waals surface area contributed by atoms with Gasteiger partial charge in [-0.25, -0.2) is 13.4 Å². The normalized spacial score (nSPS) is 20.8. The van der Waals surface area contributed by atoms with Crippen LogP contribution in [0.2, 0.25) is 0 Å². The van der Waals surface area contributed by atoms with Gasteiger partial charge in [0.05, 0.1) is 29.8 Å². The van der Waals surface area contributed by atoms with Crippen molar-refractivity contribution in [2.75, 3.05) is 29.6 Å². The van der Waals surface area contributed by atoms with Gasteiger partial charge in [-0.3, -0.25) is 14.5 Å². The number of thioether (sulfide) groups is 1. The van der Waals surface area contributed by atoms with Crippen LogP contribution in [-0.4, -0.2) is 87.4 Å². The zero-order valence-corrected chi connectivity index (χ0v) is 21.0. The molecule has 0 saturated carbocycles. The molecule has 17 heteroatoms. The molecule has 1 saturated heterocycles. The minimum absolute atomic E-state index is 0. The third kappa shape index (κ3) is 5.27. The molecule has 0 aliphatic carbocycles. The molecule has 1 fully saturated rings. The van der Waals surface area contributed by atoms with Crippen molar-refractivity contribution in [1.29, 1.82) is 0 Å². The first-order valence-corrected chi connectivity index (χ1v) is 12.3. The standard InChI is InChI=1S/C15H17N5O8S3.Na/c16-15-17-7(4-30-15)8(19-26)11(22)18-9-12(23)20-10(14(24)25)6(3-29-13(9)20)5-31(27,28)2-1-21;/h4,9,13,21,26H,1-3,5H2,(H2,16,17)(H,18,22)(H,24,25);/q;+1/p-1/b19-8-;/t9?,13-;/m1./s1. The monoisotopic (exact) mass is 513 g/mol. The fourth-order valence-corrected chi connectivity index (χ4v) is 6.29. The molecule has 1 aromatic heterocycles. The van der Waals surface area contributed by atoms with Crippen molar-refractivity contribution in [2.45, 2.75) is 11.4 Å². The summed E-state index contributed by atoms with van der Waals surface area (Å²) in [5, 5.41) is 35.6. The Kier molecular flexibility index (Phi) is 8.71. The summed E-state index contributed by atoms with van der Waals surface area (Å²) in [6.45, 7) is -0.623. The number of sulfone groups is 1. The molecule has 0 spiro atoms. The number of hydrogen-bond donors (Lipinski definition) is 4. The van der Waals surface area contributed by atoms with Crippen molar-refractivity contribution in [2.24, 2.45) is 5.16 Å². The number of fused-ring (bicyclic) bond motifs is 1. The predicted molar refractivity (Wildman–Crippen MR) is 108 cm³/mol. The van der Waals surface area contributed by atoms with Gasteiger partial charge in [0.1, 0.15) is 17.1 Å². The number of carbonyl (C=O) groups is 3. The number of anilines is 1. The molecule has 168 valence electrons. The van der Waals surface area contributed by atoms with E-state index >= 15 is 0 Å². The molecule has 13 nitrogen and oxygen atoms in total. The van der Waals surface area contributed by atoms with E-state index in [4.69, 9.17) is 16.0 Å². The van der Waals surface area contributed by atoms with Gasteiger partial charge in [0, 0.05) is 11.1 Å². The summed E-state index contributed by atoms with van der Waals surface area (Å²) in [6.07, 6.45) is 0. The van der Waals surface area contributed by atoms with Crippen molar-refractivity contribution in [3.63, 3.8) is 0 Å². The van der Waals surface area contributed by atoms with Crippen LogP contribution in [0.3, 0.4) is 0 Å². The average molecular weight is 514 g/mol. The number of aliphatic carboxylic acids is 1. The number of β-lactam (4-membered cyclic amide) rings is 1. The van der Waals surface area contributed by atoms with Crippen LogP contribution < -0.4 is 45.7 Å². The fraction of sp³-hybridized carbons (Fsp3) is 0.400. The molecule has 0 bridgehead atoms. The van der Waals surface area contributed by atoms with Crippen molar-refractivity contribution in [3.05, 3.63) is 22.3 Å². The van der Waals surface area contributed by atoms with Gasteiger partial charge >= 0.3 is 29.6 Å². The fourth-order valence-electron chi connectivity index (χ4n) is 3.08. The number of nitrogens with two attached hydrogens (primary N) is 1. The number of oxime groups is 1. The molecular formula is C15H16N5NaO8S3. The Balaban J connectivity index is 0.00000363. The smallest absolute Gasteiger partial charge is 0.543 e. The van der Waals surface area contributed by atoms with E-state index < -0.39 is 68.6 Å². The van der Waals surface area contributed by atoms with Gasteiger partial charge in [-0.1, -0.05) is 5.16 Å². The van der Waals surface area contributed by atoms with Crippen LogP contribution in [0.1, 0.15) is 5.69 Å². The number of amides is 2. The third-order valence-corrected chi connectivity index (χ3v) is 8.01. The van der Waals surface area contributed by atoms with Gasteiger partial charge in [-0.15, -0.1) is 23.1 Å². The van der Waals surface area contributed by atoms with E-state index in [9.17, 15) is 27.9 Å².